The zero-order valence-electron chi connectivity index (χ0n) is 21.0. The summed E-state index contributed by atoms with van der Waals surface area (Å²) in [6, 6.07) is 10.0. The van der Waals surface area contributed by atoms with Crippen LogP contribution >= 0.6 is 0 Å². The van der Waals surface area contributed by atoms with Crippen molar-refractivity contribution in [3.8, 4) is 5.75 Å². The molecular formula is C26H25F3N4O7. The normalized spacial score (nSPS) is 12.9. The molecule has 0 bridgehead atoms. The number of amides is 2. The Morgan fingerprint density at radius 1 is 0.950 bits per heavy atom. The van der Waals surface area contributed by atoms with Gasteiger partial charge in [-0.2, -0.15) is 13.2 Å². The topological polar surface area (TPSA) is 169 Å². The third-order valence-electron chi connectivity index (χ3n) is 5.81. The van der Waals surface area contributed by atoms with E-state index in [1.165, 1.54) is 30.3 Å². The van der Waals surface area contributed by atoms with Crippen molar-refractivity contribution in [2.75, 3.05) is 26.2 Å². The summed E-state index contributed by atoms with van der Waals surface area (Å²) in [6.45, 7) is 1.24. The van der Waals surface area contributed by atoms with Gasteiger partial charge in [0.15, 0.2) is 0 Å². The molecule has 2 aromatic carbocycles. The van der Waals surface area contributed by atoms with Crippen LogP contribution in [0.1, 0.15) is 44.7 Å². The molecule has 14 heteroatoms. The first kappa shape index (κ1) is 29.8. The number of nitrogens with one attached hydrogen (secondary N) is 2. The van der Waals surface area contributed by atoms with E-state index in [9.17, 15) is 37.1 Å². The Morgan fingerprint density at radius 3 is 2.15 bits per heavy atom. The van der Waals surface area contributed by atoms with Gasteiger partial charge in [-0.3, -0.25) is 19.8 Å². The van der Waals surface area contributed by atoms with Gasteiger partial charge in [0.2, 0.25) is 5.78 Å². The van der Waals surface area contributed by atoms with E-state index in [-0.39, 0.29) is 41.8 Å². The number of Topliss-reactive ketones (excluding diaryl/α,β-unsaturated/α-hetero) is 1. The molecule has 1 aliphatic heterocycles. The second-order valence-corrected chi connectivity index (χ2v) is 8.69. The van der Waals surface area contributed by atoms with E-state index in [0.29, 0.717) is 24.2 Å². The molecule has 1 heterocycles. The van der Waals surface area contributed by atoms with Gasteiger partial charge in [0.25, 0.3) is 11.8 Å². The number of alkyl halides is 3. The SMILES string of the molecule is N=C(N)c1ccc(CC(=O)C(=O)OC(=O)C(F)(F)F)c(OCCNC(=O)c2ccc(C(=O)N3CCCC3)cc2)c1. The van der Waals surface area contributed by atoms with Gasteiger partial charge >= 0.3 is 18.1 Å². The lowest BCUT2D eigenvalue weighted by Gasteiger charge is -2.15. The maximum Gasteiger partial charge on any atom is 0.491 e. The first-order valence-corrected chi connectivity index (χ1v) is 12.0. The molecule has 0 unspecified atom stereocenters. The Bertz CT molecular complexity index is 1320. The van der Waals surface area contributed by atoms with Gasteiger partial charge in [-0.05, 0) is 43.2 Å². The summed E-state index contributed by atoms with van der Waals surface area (Å²) in [5.74, 6) is -7.19. The molecule has 2 amide bonds. The van der Waals surface area contributed by atoms with Crippen LogP contribution in [0.2, 0.25) is 0 Å². The molecule has 0 atom stereocenters. The van der Waals surface area contributed by atoms with Gasteiger partial charge in [-0.25, -0.2) is 9.59 Å². The number of nitrogen functional groups attached to an aromatic ring is 1. The van der Waals surface area contributed by atoms with Crippen LogP contribution in [0.25, 0.3) is 0 Å². The summed E-state index contributed by atoms with van der Waals surface area (Å²) in [4.78, 5) is 61.2. The first-order valence-electron chi connectivity index (χ1n) is 12.0. The molecule has 4 N–H and O–H groups in total. The number of hydrogen-bond donors (Lipinski definition) is 3. The number of amidine groups is 1. The molecule has 1 fully saturated rings. The van der Waals surface area contributed by atoms with Gasteiger partial charge < -0.3 is 25.4 Å². The number of carbonyl (C=O) groups excluding carboxylic acids is 5. The minimum Gasteiger partial charge on any atom is -0.491 e. The number of benzene rings is 2. The van der Waals surface area contributed by atoms with Crippen LogP contribution in [0.3, 0.4) is 0 Å². The van der Waals surface area contributed by atoms with Gasteiger partial charge in [0.05, 0.1) is 6.54 Å². The van der Waals surface area contributed by atoms with Crippen molar-refractivity contribution in [3.05, 3.63) is 64.7 Å². The largest absolute Gasteiger partial charge is 0.491 e. The third kappa shape index (κ3) is 7.88. The standard InChI is InChI=1S/C26H25F3N4O7/c27-26(28,29)25(38)40-24(37)19(34)13-17-7-8-18(21(30)31)14-20(17)39-12-9-32-22(35)15-3-5-16(6-4-15)23(36)33-10-1-2-11-33/h3-8,14H,1-2,9-13H2,(H3,30,31)(H,32,35). The summed E-state index contributed by atoms with van der Waals surface area (Å²) >= 11 is 0. The number of ether oxygens (including phenoxy) is 2. The molecule has 2 aromatic rings. The predicted octanol–water partition coefficient (Wildman–Crippen LogP) is 1.76. The van der Waals surface area contributed by atoms with Crippen LogP contribution in [0.5, 0.6) is 5.75 Å². The van der Waals surface area contributed by atoms with E-state index in [0.717, 1.165) is 12.8 Å². The Kier molecular flexibility index (Phi) is 9.59. The van der Waals surface area contributed by atoms with Crippen molar-refractivity contribution in [3.63, 3.8) is 0 Å². The average Bonchev–Trinajstić information content (AvgIpc) is 3.45. The van der Waals surface area contributed by atoms with E-state index in [1.54, 1.807) is 17.0 Å². The predicted molar refractivity (Wildman–Crippen MR) is 133 cm³/mol. The number of ketones is 1. The van der Waals surface area contributed by atoms with E-state index in [4.69, 9.17) is 15.9 Å². The molecule has 11 nitrogen and oxygen atoms in total. The highest BCUT2D eigenvalue weighted by molar-refractivity contribution is 6.35. The fourth-order valence-electron chi connectivity index (χ4n) is 3.74. The van der Waals surface area contributed by atoms with Gasteiger partial charge in [-0.15, -0.1) is 0 Å². The van der Waals surface area contributed by atoms with Crippen molar-refractivity contribution in [1.29, 1.82) is 5.41 Å². The second kappa shape index (κ2) is 12.9. The summed E-state index contributed by atoms with van der Waals surface area (Å²) in [5.41, 5.74) is 6.46. The Morgan fingerprint density at radius 2 is 1.55 bits per heavy atom. The Balaban J connectivity index is 1.57. The molecule has 0 aromatic heterocycles. The summed E-state index contributed by atoms with van der Waals surface area (Å²) in [6.07, 6.45) is -4.31. The van der Waals surface area contributed by atoms with Crippen molar-refractivity contribution in [2.24, 2.45) is 5.73 Å². The Labute approximate surface area is 225 Å². The quantitative estimate of drug-likeness (QED) is 0.0983. The number of carbonyl (C=O) groups is 5. The van der Waals surface area contributed by atoms with Crippen molar-refractivity contribution >= 4 is 35.4 Å². The molecule has 1 aliphatic rings. The lowest BCUT2D eigenvalue weighted by atomic mass is 10.0. The number of esters is 2. The summed E-state index contributed by atoms with van der Waals surface area (Å²) < 4.78 is 46.0. The fraction of sp³-hybridized carbons (Fsp3) is 0.308. The molecule has 0 spiro atoms. The van der Waals surface area contributed by atoms with Crippen molar-refractivity contribution < 1.29 is 46.6 Å². The molecular weight excluding hydrogens is 537 g/mol. The minimum absolute atomic E-state index is 0.0207. The molecule has 0 saturated carbocycles. The summed E-state index contributed by atoms with van der Waals surface area (Å²) in [7, 11) is 0. The number of nitrogens with zero attached hydrogens (tertiary/aromatic N) is 1. The molecule has 0 radical (unpaired) electrons. The highest BCUT2D eigenvalue weighted by Crippen LogP contribution is 2.22. The van der Waals surface area contributed by atoms with Crippen LogP contribution in [-0.2, 0) is 25.5 Å². The molecule has 0 aliphatic carbocycles. The van der Waals surface area contributed by atoms with Gasteiger partial charge in [-0.1, -0.05) is 12.1 Å². The fourth-order valence-corrected chi connectivity index (χ4v) is 3.74. The molecule has 212 valence electrons. The number of rotatable bonds is 10. The smallest absolute Gasteiger partial charge is 0.491 e. The van der Waals surface area contributed by atoms with E-state index in [1.807, 2.05) is 0 Å². The Hall–Kier alpha value is -4.75. The number of nitrogens with two attached hydrogens (primary N) is 1. The van der Waals surface area contributed by atoms with E-state index in [2.05, 4.69) is 10.1 Å². The van der Waals surface area contributed by atoms with Crippen molar-refractivity contribution in [1.82, 2.24) is 10.2 Å². The van der Waals surface area contributed by atoms with Gasteiger partial charge in [0, 0.05) is 41.8 Å². The highest BCUT2D eigenvalue weighted by Gasteiger charge is 2.43. The first-order chi connectivity index (χ1) is 18.9. The van der Waals surface area contributed by atoms with Crippen LogP contribution < -0.4 is 15.8 Å². The van der Waals surface area contributed by atoms with Gasteiger partial charge in [0.1, 0.15) is 18.2 Å². The average molecular weight is 563 g/mol. The molecule has 3 rings (SSSR count). The zero-order chi connectivity index (χ0) is 29.4. The lowest BCUT2D eigenvalue weighted by Crippen LogP contribution is -2.31. The zero-order valence-corrected chi connectivity index (χ0v) is 21.0. The highest BCUT2D eigenvalue weighted by atomic mass is 19.4. The van der Waals surface area contributed by atoms with Crippen LogP contribution in [-0.4, -0.2) is 72.7 Å². The van der Waals surface area contributed by atoms with Crippen molar-refractivity contribution in [2.45, 2.75) is 25.4 Å². The van der Waals surface area contributed by atoms with Crippen LogP contribution in [0.4, 0.5) is 13.2 Å². The number of likely N-dealkylation sites (tertiary alicyclic amines) is 1. The number of halogens is 3. The monoisotopic (exact) mass is 562 g/mol. The molecule has 1 saturated heterocycles. The maximum atomic E-state index is 12.5. The van der Waals surface area contributed by atoms with E-state index < -0.39 is 36.2 Å². The number of hydrogen-bond acceptors (Lipinski definition) is 8. The second-order valence-electron chi connectivity index (χ2n) is 8.69. The van der Waals surface area contributed by atoms with Crippen LogP contribution in [0, 0.1) is 5.41 Å². The minimum atomic E-state index is -5.45. The molecule has 40 heavy (non-hydrogen) atoms. The maximum absolute atomic E-state index is 12.5. The third-order valence-corrected chi connectivity index (χ3v) is 5.81. The summed E-state index contributed by atoms with van der Waals surface area (Å²) in [5, 5.41) is 10.2. The van der Waals surface area contributed by atoms with Crippen LogP contribution in [0.15, 0.2) is 42.5 Å². The van der Waals surface area contributed by atoms with E-state index >= 15 is 0 Å². The lowest BCUT2D eigenvalue weighted by molar-refractivity contribution is -0.202.